The third-order valence-corrected chi connectivity index (χ3v) is 7.93. The van der Waals surface area contributed by atoms with Crippen LogP contribution in [-0.4, -0.2) is 26.3 Å². The molecule has 2 aromatic heterocycles. The van der Waals surface area contributed by atoms with Gasteiger partial charge in [-0.05, 0) is 79.5 Å². The molecule has 194 valence electrons. The first-order chi connectivity index (χ1) is 17.7. The van der Waals surface area contributed by atoms with Crippen LogP contribution in [0.3, 0.4) is 0 Å². The van der Waals surface area contributed by atoms with E-state index in [1.54, 1.807) is 17.1 Å². The van der Waals surface area contributed by atoms with Crippen molar-refractivity contribution in [3.8, 4) is 11.5 Å². The second-order valence-electron chi connectivity index (χ2n) is 10.9. The van der Waals surface area contributed by atoms with Crippen molar-refractivity contribution < 1.29 is 17.6 Å². The van der Waals surface area contributed by atoms with Gasteiger partial charge in [0.25, 0.3) is 0 Å². The summed E-state index contributed by atoms with van der Waals surface area (Å²) in [6.45, 7) is 3.38. The third-order valence-electron chi connectivity index (χ3n) is 7.93. The molecule has 4 aromatic rings. The maximum absolute atomic E-state index is 14.0. The van der Waals surface area contributed by atoms with Crippen molar-refractivity contribution in [2.24, 2.45) is 18.9 Å². The zero-order chi connectivity index (χ0) is 25.8. The minimum absolute atomic E-state index is 0.179. The van der Waals surface area contributed by atoms with Crippen molar-refractivity contribution >= 4 is 11.1 Å². The van der Waals surface area contributed by atoms with Crippen LogP contribution < -0.4 is 5.32 Å². The van der Waals surface area contributed by atoms with Crippen LogP contribution in [0.4, 0.5) is 13.2 Å². The zero-order valence-electron chi connectivity index (χ0n) is 21.0. The number of rotatable bonds is 7. The molecular formula is C28H30F3N5O. The molecule has 9 heteroatoms. The number of aromatic nitrogens is 4. The van der Waals surface area contributed by atoms with E-state index in [0.29, 0.717) is 29.5 Å². The van der Waals surface area contributed by atoms with Crippen LogP contribution in [-0.2, 0) is 25.2 Å². The lowest BCUT2D eigenvalue weighted by molar-refractivity contribution is -0.136. The molecule has 0 saturated heterocycles. The summed E-state index contributed by atoms with van der Waals surface area (Å²) in [5, 5.41) is 7.89. The highest BCUT2D eigenvalue weighted by atomic mass is 19.4. The Balaban J connectivity index is 1.35. The van der Waals surface area contributed by atoms with Crippen LogP contribution in [0.25, 0.3) is 22.6 Å². The number of nitrogens with one attached hydrogen (secondary N) is 1. The van der Waals surface area contributed by atoms with E-state index in [0.717, 1.165) is 30.8 Å². The fourth-order valence-electron chi connectivity index (χ4n) is 5.83. The Morgan fingerprint density at radius 2 is 1.97 bits per heavy atom. The van der Waals surface area contributed by atoms with Crippen molar-refractivity contribution in [2.75, 3.05) is 6.54 Å². The molecule has 2 aliphatic carbocycles. The van der Waals surface area contributed by atoms with Crippen molar-refractivity contribution in [3.63, 3.8) is 0 Å². The summed E-state index contributed by atoms with van der Waals surface area (Å²) in [4.78, 5) is 9.05. The Hall–Kier alpha value is -3.20. The lowest BCUT2D eigenvalue weighted by atomic mass is 9.58. The molecule has 1 N–H and O–H groups in total. The Labute approximate surface area is 213 Å². The quantitative estimate of drug-likeness (QED) is 0.319. The topological polar surface area (TPSA) is 68.8 Å². The summed E-state index contributed by atoms with van der Waals surface area (Å²) in [5.41, 5.74) is 1.09. The average molecular weight is 510 g/mol. The van der Waals surface area contributed by atoms with E-state index >= 15 is 0 Å². The van der Waals surface area contributed by atoms with Crippen LogP contribution >= 0.6 is 0 Å². The lowest BCUT2D eigenvalue weighted by Gasteiger charge is -2.45. The maximum atomic E-state index is 14.0. The molecule has 0 atom stereocenters. The van der Waals surface area contributed by atoms with Crippen LogP contribution in [0.15, 0.2) is 47.1 Å². The Kier molecular flexibility index (Phi) is 5.86. The van der Waals surface area contributed by atoms with Gasteiger partial charge >= 0.3 is 6.18 Å². The number of fused-ring (bicyclic) bond motifs is 1. The van der Waals surface area contributed by atoms with Gasteiger partial charge in [-0.15, -0.1) is 0 Å². The molecule has 0 amide bonds. The predicted molar refractivity (Wildman–Crippen MR) is 134 cm³/mol. The molecule has 2 heterocycles. The summed E-state index contributed by atoms with van der Waals surface area (Å²) in [5.74, 6) is 2.10. The van der Waals surface area contributed by atoms with Crippen molar-refractivity contribution in [2.45, 2.75) is 57.2 Å². The Morgan fingerprint density at radius 3 is 2.62 bits per heavy atom. The van der Waals surface area contributed by atoms with Gasteiger partial charge in [0.15, 0.2) is 11.4 Å². The molecule has 0 aliphatic heterocycles. The van der Waals surface area contributed by atoms with Gasteiger partial charge in [0.1, 0.15) is 17.4 Å². The fourth-order valence-corrected chi connectivity index (χ4v) is 5.83. The summed E-state index contributed by atoms with van der Waals surface area (Å²) in [6.07, 6.45) is 2.56. The molecule has 2 aliphatic rings. The average Bonchev–Trinajstić information content (AvgIpc) is 3.43. The van der Waals surface area contributed by atoms with Gasteiger partial charge in [0, 0.05) is 19.2 Å². The molecule has 2 fully saturated rings. The number of oxazole rings is 1. The normalized spacial score (nSPS) is 22.2. The molecule has 0 radical (unpaired) electrons. The van der Waals surface area contributed by atoms with Crippen LogP contribution in [0.2, 0.25) is 0 Å². The van der Waals surface area contributed by atoms with Gasteiger partial charge < -0.3 is 9.73 Å². The molecule has 6 nitrogen and oxygen atoms in total. The SMILES string of the molecule is CC1CC(c2cccc(-c3nc4cc(CNCC5CCC5)cc(C(F)(F)F)c4o3)c2)(c2ncn(C)n2)C1. The van der Waals surface area contributed by atoms with E-state index in [1.807, 2.05) is 31.3 Å². The predicted octanol–water partition coefficient (Wildman–Crippen LogP) is 6.25. The lowest BCUT2D eigenvalue weighted by Crippen LogP contribution is -2.42. The van der Waals surface area contributed by atoms with E-state index in [4.69, 9.17) is 4.42 Å². The zero-order valence-corrected chi connectivity index (χ0v) is 21.0. The van der Waals surface area contributed by atoms with E-state index in [9.17, 15) is 13.2 Å². The Morgan fingerprint density at radius 1 is 1.16 bits per heavy atom. The molecule has 0 spiro atoms. The number of hydrogen-bond donors (Lipinski definition) is 1. The highest BCUT2D eigenvalue weighted by Gasteiger charge is 2.48. The van der Waals surface area contributed by atoms with Gasteiger partial charge in [0.2, 0.25) is 5.89 Å². The molecule has 37 heavy (non-hydrogen) atoms. The molecular weight excluding hydrogens is 479 g/mol. The second kappa shape index (κ2) is 8.97. The monoisotopic (exact) mass is 509 g/mol. The van der Waals surface area contributed by atoms with Crippen molar-refractivity contribution in [1.29, 1.82) is 0 Å². The maximum Gasteiger partial charge on any atom is 0.420 e. The first-order valence-electron chi connectivity index (χ1n) is 12.9. The van der Waals surface area contributed by atoms with Crippen LogP contribution in [0, 0.1) is 11.8 Å². The number of alkyl halides is 3. The minimum atomic E-state index is -4.54. The number of nitrogens with zero attached hydrogens (tertiary/aromatic N) is 4. The Bertz CT molecular complexity index is 1430. The molecule has 2 saturated carbocycles. The first kappa shape index (κ1) is 24.2. The number of aryl methyl sites for hydroxylation is 1. The highest BCUT2D eigenvalue weighted by Crippen LogP contribution is 2.51. The largest absolute Gasteiger partial charge is 0.435 e. The molecule has 6 rings (SSSR count). The van der Waals surface area contributed by atoms with Crippen LogP contribution in [0.1, 0.15) is 61.5 Å². The van der Waals surface area contributed by atoms with E-state index < -0.39 is 11.7 Å². The van der Waals surface area contributed by atoms with Crippen molar-refractivity contribution in [1.82, 2.24) is 25.1 Å². The van der Waals surface area contributed by atoms with E-state index in [2.05, 4.69) is 27.3 Å². The summed E-state index contributed by atoms with van der Waals surface area (Å²) in [6, 6.07) is 10.6. The standard InChI is InChI=1S/C28H30F3N5O/c1-17-12-27(13-17,26-33-16-36(2)35-26)21-8-4-7-20(11-21)25-34-23-10-19(15-32-14-18-5-3-6-18)9-22(24(23)37-25)28(29,30)31/h4,7-11,16-18,32H,3,5-6,12-15H2,1-2H3. The first-order valence-corrected chi connectivity index (χ1v) is 12.9. The van der Waals surface area contributed by atoms with Crippen molar-refractivity contribution in [3.05, 3.63) is 65.2 Å². The smallest absolute Gasteiger partial charge is 0.420 e. The van der Waals surface area contributed by atoms with Gasteiger partial charge in [-0.3, -0.25) is 4.68 Å². The molecule has 0 bridgehead atoms. The second-order valence-corrected chi connectivity index (χ2v) is 10.9. The summed E-state index contributed by atoms with van der Waals surface area (Å²) < 4.78 is 49.5. The number of hydrogen-bond acceptors (Lipinski definition) is 5. The summed E-state index contributed by atoms with van der Waals surface area (Å²) >= 11 is 0. The number of benzene rings is 2. The van der Waals surface area contributed by atoms with Gasteiger partial charge in [0.05, 0.1) is 5.41 Å². The van der Waals surface area contributed by atoms with Gasteiger partial charge in [-0.25, -0.2) is 9.97 Å². The van der Waals surface area contributed by atoms with E-state index in [1.165, 1.54) is 25.3 Å². The molecule has 2 aromatic carbocycles. The van der Waals surface area contributed by atoms with Crippen LogP contribution in [0.5, 0.6) is 0 Å². The number of halogens is 3. The highest BCUT2D eigenvalue weighted by molar-refractivity contribution is 5.81. The third kappa shape index (κ3) is 4.43. The fraction of sp³-hybridized carbons (Fsp3) is 0.464. The van der Waals surface area contributed by atoms with Gasteiger partial charge in [-0.1, -0.05) is 25.5 Å². The minimum Gasteiger partial charge on any atom is -0.435 e. The van der Waals surface area contributed by atoms with Gasteiger partial charge in [-0.2, -0.15) is 18.3 Å². The van der Waals surface area contributed by atoms with E-state index in [-0.39, 0.29) is 22.4 Å². The summed E-state index contributed by atoms with van der Waals surface area (Å²) in [7, 11) is 1.84. The molecule has 0 unspecified atom stereocenters.